The van der Waals surface area contributed by atoms with E-state index in [-0.39, 0.29) is 5.60 Å². The topological polar surface area (TPSA) is 66.8 Å². The Morgan fingerprint density at radius 1 is 1.35 bits per heavy atom. The number of carbonyl (C=O) groups is 1. The number of carboxylic acid groups (broad SMARTS) is 1. The molecule has 1 aromatic carbocycles. The molecule has 0 aromatic heterocycles. The minimum atomic E-state index is -0.833. The number of ether oxygens (including phenoxy) is 1. The largest absolute Gasteiger partial charge is 0.508 e. The summed E-state index contributed by atoms with van der Waals surface area (Å²) < 4.78 is 5.31. The molecule has 2 N–H and O–H groups in total. The Labute approximate surface area is 102 Å². The van der Waals surface area contributed by atoms with Crippen LogP contribution in [0.4, 0.5) is 0 Å². The molecule has 1 rings (SSSR count). The molecule has 0 fully saturated rings. The van der Waals surface area contributed by atoms with Crippen molar-refractivity contribution in [1.29, 1.82) is 0 Å². The average molecular weight is 240 g/mol. The van der Waals surface area contributed by atoms with Gasteiger partial charge in [-0.25, -0.2) is 0 Å². The van der Waals surface area contributed by atoms with Crippen molar-refractivity contribution in [2.45, 2.75) is 33.3 Å². The van der Waals surface area contributed by atoms with Gasteiger partial charge in [-0.1, -0.05) is 12.1 Å². The van der Waals surface area contributed by atoms with Crippen LogP contribution in [0.2, 0.25) is 0 Å². The van der Waals surface area contributed by atoms with Gasteiger partial charge in [-0.3, -0.25) is 4.79 Å². The lowest BCUT2D eigenvalue weighted by atomic mass is 9.97. The minimum Gasteiger partial charge on any atom is -0.508 e. The molecule has 0 radical (unpaired) electrons. The number of rotatable bonds is 2. The van der Waals surface area contributed by atoms with Crippen LogP contribution in [0, 0.1) is 6.92 Å². The zero-order chi connectivity index (χ0) is 13.6. The highest BCUT2D eigenvalue weighted by molar-refractivity contribution is 5.62. The molecule has 0 atom stereocenters. The van der Waals surface area contributed by atoms with E-state index in [1.165, 1.54) is 0 Å². The van der Waals surface area contributed by atoms with Gasteiger partial charge in [-0.2, -0.15) is 0 Å². The molecule has 0 unspecified atom stereocenters. The van der Waals surface area contributed by atoms with Crippen LogP contribution in [0.3, 0.4) is 0 Å². The fraction of sp³-hybridized carbons (Fsp3) is 0.462. The molecule has 17 heavy (non-hydrogen) atoms. The molecule has 0 aliphatic heterocycles. The predicted octanol–water partition coefficient (Wildman–Crippen LogP) is 2.67. The fourth-order valence-corrected chi connectivity index (χ4v) is 1.10. The SMILES string of the molecule is CC(=O)O.COC(C)(C)c1ccc(C)c(O)c1. The minimum absolute atomic E-state index is 0.322. The number of benzene rings is 1. The number of aryl methyl sites for hydroxylation is 1. The van der Waals surface area contributed by atoms with Gasteiger partial charge in [-0.15, -0.1) is 0 Å². The molecule has 1 aromatic rings. The quantitative estimate of drug-likeness (QED) is 0.834. The average Bonchev–Trinajstić information content (AvgIpc) is 2.21. The summed E-state index contributed by atoms with van der Waals surface area (Å²) in [4.78, 5) is 9.00. The van der Waals surface area contributed by atoms with Crippen molar-refractivity contribution in [2.75, 3.05) is 7.11 Å². The van der Waals surface area contributed by atoms with Gasteiger partial charge in [0.05, 0.1) is 5.60 Å². The van der Waals surface area contributed by atoms with Crippen molar-refractivity contribution in [3.05, 3.63) is 29.3 Å². The van der Waals surface area contributed by atoms with Gasteiger partial charge >= 0.3 is 0 Å². The van der Waals surface area contributed by atoms with Crippen LogP contribution in [-0.4, -0.2) is 23.3 Å². The predicted molar refractivity (Wildman–Crippen MR) is 66.2 cm³/mol. The standard InChI is InChI=1S/C11H16O2.C2H4O2/c1-8-5-6-9(7-10(8)12)11(2,3)13-4;1-2(3)4/h5-7,12H,1-4H3;1H3,(H,3,4). The maximum absolute atomic E-state index is 9.50. The number of hydrogen-bond acceptors (Lipinski definition) is 3. The molecule has 96 valence electrons. The molecule has 4 nitrogen and oxygen atoms in total. The van der Waals surface area contributed by atoms with Crippen molar-refractivity contribution in [3.8, 4) is 5.75 Å². The summed E-state index contributed by atoms with van der Waals surface area (Å²) in [6, 6.07) is 5.61. The molecule has 0 amide bonds. The van der Waals surface area contributed by atoms with E-state index in [9.17, 15) is 5.11 Å². The van der Waals surface area contributed by atoms with Crippen molar-refractivity contribution in [3.63, 3.8) is 0 Å². The zero-order valence-corrected chi connectivity index (χ0v) is 10.9. The summed E-state index contributed by atoms with van der Waals surface area (Å²) in [5.74, 6) is -0.511. The molecular weight excluding hydrogens is 220 g/mol. The summed E-state index contributed by atoms with van der Waals surface area (Å²) >= 11 is 0. The van der Waals surface area contributed by atoms with Crippen molar-refractivity contribution < 1.29 is 19.7 Å². The van der Waals surface area contributed by atoms with E-state index in [0.717, 1.165) is 18.1 Å². The number of methoxy groups -OCH3 is 1. The molecule has 0 heterocycles. The van der Waals surface area contributed by atoms with Gasteiger partial charge in [0.15, 0.2) is 0 Å². The lowest BCUT2D eigenvalue weighted by Gasteiger charge is -2.23. The van der Waals surface area contributed by atoms with Crippen molar-refractivity contribution in [1.82, 2.24) is 0 Å². The third kappa shape index (κ3) is 5.36. The van der Waals surface area contributed by atoms with E-state index >= 15 is 0 Å². The first-order valence-corrected chi connectivity index (χ1v) is 5.25. The molecular formula is C13H20O4. The summed E-state index contributed by atoms with van der Waals surface area (Å²) in [6.45, 7) is 6.90. The van der Waals surface area contributed by atoms with Gasteiger partial charge in [-0.05, 0) is 38.0 Å². The third-order valence-electron chi connectivity index (χ3n) is 2.41. The second-order valence-corrected chi connectivity index (χ2v) is 4.23. The second-order valence-electron chi connectivity index (χ2n) is 4.23. The number of hydrogen-bond donors (Lipinski definition) is 2. The van der Waals surface area contributed by atoms with Crippen LogP contribution in [-0.2, 0) is 15.1 Å². The van der Waals surface area contributed by atoms with Gasteiger partial charge < -0.3 is 14.9 Å². The Kier molecular flexibility index (Phi) is 5.68. The second kappa shape index (κ2) is 6.25. The number of phenols is 1. The number of carboxylic acids is 1. The normalized spacial score (nSPS) is 10.4. The first-order valence-electron chi connectivity index (χ1n) is 5.25. The highest BCUT2D eigenvalue weighted by atomic mass is 16.5. The molecule has 0 saturated heterocycles. The monoisotopic (exact) mass is 240 g/mol. The number of aromatic hydroxyl groups is 1. The molecule has 0 aliphatic rings. The lowest BCUT2D eigenvalue weighted by molar-refractivity contribution is -0.134. The van der Waals surface area contributed by atoms with Gasteiger partial charge in [0, 0.05) is 14.0 Å². The van der Waals surface area contributed by atoms with E-state index in [1.807, 2.05) is 32.9 Å². The smallest absolute Gasteiger partial charge is 0.300 e. The Morgan fingerprint density at radius 3 is 2.18 bits per heavy atom. The Morgan fingerprint density at radius 2 is 1.82 bits per heavy atom. The molecule has 0 spiro atoms. The van der Waals surface area contributed by atoms with E-state index in [1.54, 1.807) is 13.2 Å². The Bertz CT molecular complexity index is 379. The molecule has 0 bridgehead atoms. The van der Waals surface area contributed by atoms with Gasteiger partial charge in [0.25, 0.3) is 5.97 Å². The van der Waals surface area contributed by atoms with Crippen LogP contribution in [0.25, 0.3) is 0 Å². The van der Waals surface area contributed by atoms with Crippen molar-refractivity contribution in [2.24, 2.45) is 0 Å². The van der Waals surface area contributed by atoms with Crippen LogP contribution in [0.1, 0.15) is 31.9 Å². The number of aliphatic carboxylic acids is 1. The first-order chi connectivity index (χ1) is 7.70. The maximum Gasteiger partial charge on any atom is 0.300 e. The van der Waals surface area contributed by atoms with Crippen LogP contribution < -0.4 is 0 Å². The van der Waals surface area contributed by atoms with E-state index in [0.29, 0.717) is 5.75 Å². The zero-order valence-electron chi connectivity index (χ0n) is 10.9. The number of phenolic OH excluding ortho intramolecular Hbond substituents is 1. The highest BCUT2D eigenvalue weighted by Crippen LogP contribution is 2.28. The van der Waals surface area contributed by atoms with E-state index in [2.05, 4.69) is 0 Å². The summed E-state index contributed by atoms with van der Waals surface area (Å²) in [5.41, 5.74) is 1.53. The maximum atomic E-state index is 9.50. The lowest BCUT2D eigenvalue weighted by Crippen LogP contribution is -2.19. The molecule has 0 saturated carbocycles. The molecule has 0 aliphatic carbocycles. The summed E-state index contributed by atoms with van der Waals surface area (Å²) in [7, 11) is 1.66. The fourth-order valence-electron chi connectivity index (χ4n) is 1.10. The van der Waals surface area contributed by atoms with Crippen LogP contribution >= 0.6 is 0 Å². The third-order valence-corrected chi connectivity index (χ3v) is 2.41. The summed E-state index contributed by atoms with van der Waals surface area (Å²) in [6.07, 6.45) is 0. The van der Waals surface area contributed by atoms with Crippen molar-refractivity contribution >= 4 is 5.97 Å². The highest BCUT2D eigenvalue weighted by Gasteiger charge is 2.19. The van der Waals surface area contributed by atoms with Gasteiger partial charge in [0.1, 0.15) is 5.75 Å². The van der Waals surface area contributed by atoms with Crippen LogP contribution in [0.5, 0.6) is 5.75 Å². The molecule has 4 heteroatoms. The summed E-state index contributed by atoms with van der Waals surface area (Å²) in [5, 5.41) is 16.9. The van der Waals surface area contributed by atoms with Crippen LogP contribution in [0.15, 0.2) is 18.2 Å². The van der Waals surface area contributed by atoms with Gasteiger partial charge in [0.2, 0.25) is 0 Å². The first kappa shape index (κ1) is 15.4. The Hall–Kier alpha value is -1.55. The Balaban J connectivity index is 0.000000557. The van der Waals surface area contributed by atoms with E-state index < -0.39 is 5.97 Å². The van der Waals surface area contributed by atoms with E-state index in [4.69, 9.17) is 14.6 Å².